The third kappa shape index (κ3) is 2.26. The largest absolute Gasteiger partial charge is 0.312 e. The number of alkyl halides is 1. The van der Waals surface area contributed by atoms with Crippen LogP contribution >= 0.6 is 0 Å². The Kier molecular flexibility index (Phi) is 3.76. The van der Waals surface area contributed by atoms with Gasteiger partial charge >= 0.3 is 0 Å². The van der Waals surface area contributed by atoms with E-state index in [1.165, 1.54) is 38.8 Å². The van der Waals surface area contributed by atoms with Crippen molar-refractivity contribution in [2.45, 2.75) is 44.2 Å². The maximum Gasteiger partial charge on any atom is 0.0906 e. The van der Waals surface area contributed by atoms with Gasteiger partial charge in [0.25, 0.3) is 0 Å². The Hall–Kier alpha value is -0.150. The van der Waals surface area contributed by atoms with E-state index in [1.807, 2.05) is 0 Å². The normalized spacial score (nSPS) is 34.1. The maximum atomic E-state index is 12.1. The standard InChI is InChI=1S/C11H21FN2/c12-6-3-9-14-8-2-5-11(14)10-4-1-7-13-10/h10-11,13H,1-9H2. The molecule has 2 atom stereocenters. The van der Waals surface area contributed by atoms with E-state index in [-0.39, 0.29) is 6.67 Å². The molecule has 0 aromatic rings. The molecule has 0 spiro atoms. The van der Waals surface area contributed by atoms with E-state index < -0.39 is 0 Å². The molecule has 0 aromatic carbocycles. The van der Waals surface area contributed by atoms with E-state index in [0.717, 1.165) is 6.54 Å². The number of nitrogens with zero attached hydrogens (tertiary/aromatic N) is 1. The minimum absolute atomic E-state index is 0.165. The number of hydrogen-bond donors (Lipinski definition) is 1. The van der Waals surface area contributed by atoms with Crippen molar-refractivity contribution in [3.63, 3.8) is 0 Å². The van der Waals surface area contributed by atoms with Crippen LogP contribution in [0.25, 0.3) is 0 Å². The van der Waals surface area contributed by atoms with E-state index in [1.54, 1.807) is 0 Å². The zero-order valence-corrected chi connectivity index (χ0v) is 8.84. The summed E-state index contributed by atoms with van der Waals surface area (Å²) >= 11 is 0. The van der Waals surface area contributed by atoms with Gasteiger partial charge in [0.15, 0.2) is 0 Å². The van der Waals surface area contributed by atoms with Gasteiger partial charge in [0.2, 0.25) is 0 Å². The third-order valence-electron chi connectivity index (χ3n) is 3.56. The summed E-state index contributed by atoms with van der Waals surface area (Å²) in [7, 11) is 0. The molecule has 0 amide bonds. The minimum atomic E-state index is -0.165. The van der Waals surface area contributed by atoms with Crippen molar-refractivity contribution in [3.05, 3.63) is 0 Å². The molecule has 2 unspecified atom stereocenters. The summed E-state index contributed by atoms with van der Waals surface area (Å²) in [5, 5.41) is 3.57. The van der Waals surface area contributed by atoms with Crippen molar-refractivity contribution in [3.8, 4) is 0 Å². The zero-order chi connectivity index (χ0) is 9.80. The van der Waals surface area contributed by atoms with Crippen LogP contribution in [-0.2, 0) is 0 Å². The van der Waals surface area contributed by atoms with Gasteiger partial charge in [-0.25, -0.2) is 0 Å². The first-order valence-electron chi connectivity index (χ1n) is 5.95. The van der Waals surface area contributed by atoms with Gasteiger partial charge in [-0.15, -0.1) is 0 Å². The highest BCUT2D eigenvalue weighted by molar-refractivity contribution is 4.91. The molecule has 2 aliphatic rings. The van der Waals surface area contributed by atoms with Gasteiger partial charge in [-0.2, -0.15) is 0 Å². The Labute approximate surface area is 85.9 Å². The van der Waals surface area contributed by atoms with Gasteiger partial charge in [-0.05, 0) is 45.2 Å². The summed E-state index contributed by atoms with van der Waals surface area (Å²) in [4.78, 5) is 2.49. The van der Waals surface area contributed by atoms with Crippen LogP contribution in [0.1, 0.15) is 32.1 Å². The molecular weight excluding hydrogens is 179 g/mol. The summed E-state index contributed by atoms with van der Waals surface area (Å²) in [6, 6.07) is 1.39. The fourth-order valence-electron chi connectivity index (χ4n) is 2.89. The van der Waals surface area contributed by atoms with Crippen molar-refractivity contribution in [2.75, 3.05) is 26.3 Å². The van der Waals surface area contributed by atoms with Crippen LogP contribution in [0.5, 0.6) is 0 Å². The van der Waals surface area contributed by atoms with Crippen LogP contribution < -0.4 is 5.32 Å². The number of likely N-dealkylation sites (tertiary alicyclic amines) is 1. The van der Waals surface area contributed by atoms with Crippen molar-refractivity contribution >= 4 is 0 Å². The lowest BCUT2D eigenvalue weighted by Gasteiger charge is -2.29. The predicted molar refractivity (Wildman–Crippen MR) is 56.2 cm³/mol. The van der Waals surface area contributed by atoms with Gasteiger partial charge in [-0.3, -0.25) is 9.29 Å². The van der Waals surface area contributed by atoms with Crippen LogP contribution in [0.4, 0.5) is 4.39 Å². The predicted octanol–water partition coefficient (Wildman–Crippen LogP) is 1.56. The van der Waals surface area contributed by atoms with Crippen LogP contribution in [0.2, 0.25) is 0 Å². The second-order valence-corrected chi connectivity index (χ2v) is 4.49. The maximum absolute atomic E-state index is 12.1. The molecule has 82 valence electrons. The second kappa shape index (κ2) is 5.08. The summed E-state index contributed by atoms with van der Waals surface area (Å²) in [6.45, 7) is 3.15. The first-order valence-corrected chi connectivity index (χ1v) is 5.95. The molecule has 2 nitrogen and oxygen atoms in total. The average Bonchev–Trinajstić information content (AvgIpc) is 2.84. The van der Waals surface area contributed by atoms with Crippen LogP contribution in [0.3, 0.4) is 0 Å². The highest BCUT2D eigenvalue weighted by Crippen LogP contribution is 2.24. The summed E-state index contributed by atoms with van der Waals surface area (Å²) in [5.74, 6) is 0. The van der Waals surface area contributed by atoms with Crippen LogP contribution in [-0.4, -0.2) is 43.3 Å². The SMILES string of the molecule is FCCCN1CCCC1C1CCCN1. The average molecular weight is 200 g/mol. The van der Waals surface area contributed by atoms with Crippen molar-refractivity contribution < 1.29 is 4.39 Å². The Morgan fingerprint density at radius 3 is 2.93 bits per heavy atom. The lowest BCUT2D eigenvalue weighted by molar-refractivity contribution is 0.206. The molecule has 14 heavy (non-hydrogen) atoms. The second-order valence-electron chi connectivity index (χ2n) is 4.49. The first kappa shape index (κ1) is 10.4. The molecule has 2 rings (SSSR count). The molecule has 0 saturated carbocycles. The molecule has 2 saturated heterocycles. The zero-order valence-electron chi connectivity index (χ0n) is 8.84. The van der Waals surface area contributed by atoms with Crippen LogP contribution in [0, 0.1) is 0 Å². The fraction of sp³-hybridized carbons (Fsp3) is 1.00. The van der Waals surface area contributed by atoms with E-state index in [0.29, 0.717) is 18.5 Å². The molecule has 3 heteroatoms. The van der Waals surface area contributed by atoms with E-state index in [9.17, 15) is 4.39 Å². The monoisotopic (exact) mass is 200 g/mol. The first-order chi connectivity index (χ1) is 6.92. The molecular formula is C11H21FN2. The highest BCUT2D eigenvalue weighted by atomic mass is 19.1. The Bertz CT molecular complexity index is 169. The molecule has 0 radical (unpaired) electrons. The van der Waals surface area contributed by atoms with Crippen molar-refractivity contribution in [1.29, 1.82) is 0 Å². The highest BCUT2D eigenvalue weighted by Gasteiger charge is 2.32. The number of halogens is 1. The summed E-state index contributed by atoms with van der Waals surface area (Å²) in [5.41, 5.74) is 0. The van der Waals surface area contributed by atoms with E-state index in [4.69, 9.17) is 0 Å². The molecule has 0 aliphatic carbocycles. The molecule has 0 bridgehead atoms. The van der Waals surface area contributed by atoms with Gasteiger partial charge in [-0.1, -0.05) is 0 Å². The van der Waals surface area contributed by atoms with Gasteiger partial charge in [0, 0.05) is 18.6 Å². The molecule has 2 aliphatic heterocycles. The van der Waals surface area contributed by atoms with Crippen molar-refractivity contribution in [2.24, 2.45) is 0 Å². The van der Waals surface area contributed by atoms with Gasteiger partial charge in [0.05, 0.1) is 6.67 Å². The van der Waals surface area contributed by atoms with E-state index >= 15 is 0 Å². The number of hydrogen-bond acceptors (Lipinski definition) is 2. The Morgan fingerprint density at radius 2 is 2.21 bits per heavy atom. The van der Waals surface area contributed by atoms with E-state index in [2.05, 4.69) is 10.2 Å². The minimum Gasteiger partial charge on any atom is -0.312 e. The lowest BCUT2D eigenvalue weighted by Crippen LogP contribution is -2.44. The Morgan fingerprint density at radius 1 is 1.29 bits per heavy atom. The third-order valence-corrected chi connectivity index (χ3v) is 3.56. The molecule has 0 aromatic heterocycles. The smallest absolute Gasteiger partial charge is 0.0906 e. The van der Waals surface area contributed by atoms with Gasteiger partial charge in [0.1, 0.15) is 0 Å². The number of nitrogens with one attached hydrogen (secondary N) is 1. The molecule has 2 fully saturated rings. The molecule has 2 heterocycles. The van der Waals surface area contributed by atoms with Gasteiger partial charge < -0.3 is 5.32 Å². The lowest BCUT2D eigenvalue weighted by atomic mass is 10.0. The fourth-order valence-corrected chi connectivity index (χ4v) is 2.89. The Balaban J connectivity index is 1.82. The number of rotatable bonds is 4. The summed E-state index contributed by atoms with van der Waals surface area (Å²) < 4.78 is 12.1. The molecule has 1 N–H and O–H groups in total. The topological polar surface area (TPSA) is 15.3 Å². The van der Waals surface area contributed by atoms with Crippen molar-refractivity contribution in [1.82, 2.24) is 10.2 Å². The van der Waals surface area contributed by atoms with Crippen LogP contribution in [0.15, 0.2) is 0 Å². The summed E-state index contributed by atoms with van der Waals surface area (Å²) in [6.07, 6.45) is 5.96. The quantitative estimate of drug-likeness (QED) is 0.741.